The van der Waals surface area contributed by atoms with Crippen molar-refractivity contribution in [2.24, 2.45) is 0 Å². The molecule has 0 radical (unpaired) electrons. The van der Waals surface area contributed by atoms with Gasteiger partial charge in [-0.25, -0.2) is 4.98 Å². The Morgan fingerprint density at radius 3 is 1.94 bits per heavy atom. The fraction of sp³-hybridized carbons (Fsp3) is 0.630. The van der Waals surface area contributed by atoms with Crippen molar-refractivity contribution in [3.63, 3.8) is 0 Å². The highest BCUT2D eigenvalue weighted by Gasteiger charge is 2.21. The van der Waals surface area contributed by atoms with Gasteiger partial charge in [-0.3, -0.25) is 0 Å². The first-order chi connectivity index (χ1) is 14.8. The van der Waals surface area contributed by atoms with E-state index < -0.39 is 6.10 Å². The molecule has 0 saturated heterocycles. The Kier molecular flexibility index (Phi) is 12.4. The summed E-state index contributed by atoms with van der Waals surface area (Å²) < 4.78 is 5.95. The highest BCUT2D eigenvalue weighted by Crippen LogP contribution is 2.34. The van der Waals surface area contributed by atoms with Gasteiger partial charge >= 0.3 is 0 Å². The number of unbranched alkanes of at least 4 members (excludes halogenated alkanes) is 1. The predicted molar refractivity (Wildman–Crippen MR) is 132 cm³/mol. The number of hydrogen-bond donors (Lipinski definition) is 1. The lowest BCUT2D eigenvalue weighted by atomic mass is 9.94. The molecular formula is C27H44N2O2. The molecule has 0 saturated carbocycles. The van der Waals surface area contributed by atoms with Crippen LogP contribution in [0.1, 0.15) is 102 Å². The van der Waals surface area contributed by atoms with Crippen LogP contribution < -0.4 is 4.74 Å². The second kappa shape index (κ2) is 14.2. The van der Waals surface area contributed by atoms with Crippen LogP contribution in [0.5, 0.6) is 5.88 Å². The average Bonchev–Trinajstić information content (AvgIpc) is 2.76. The Hall–Kier alpha value is -1.94. The van der Waals surface area contributed by atoms with E-state index in [1.807, 2.05) is 6.92 Å². The Morgan fingerprint density at radius 1 is 0.903 bits per heavy atom. The number of aliphatic hydroxyl groups is 1. The summed E-state index contributed by atoms with van der Waals surface area (Å²) >= 11 is 0. The standard InChI is InChI=1S/C23H34N2O2.C4H10/c1-7-11-15(4)20-17(6)24-22(25-23(20)27-14-16(5)26)21-18(8-2)12-10-13-19(21)9-3;1-3-4-2/h10,12-13,15-16,26H,7-9,11,14H2,1-6H3;3-4H2,1-2H3. The summed E-state index contributed by atoms with van der Waals surface area (Å²) in [5.41, 5.74) is 5.67. The van der Waals surface area contributed by atoms with Crippen LogP contribution in [-0.4, -0.2) is 27.8 Å². The van der Waals surface area contributed by atoms with Crippen molar-refractivity contribution >= 4 is 0 Å². The van der Waals surface area contributed by atoms with Crippen LogP contribution in [0.3, 0.4) is 0 Å². The average molecular weight is 429 g/mol. The summed E-state index contributed by atoms with van der Waals surface area (Å²) in [5, 5.41) is 9.70. The Balaban J connectivity index is 0.00000110. The molecule has 1 aromatic heterocycles. The van der Waals surface area contributed by atoms with Gasteiger partial charge in [0.2, 0.25) is 5.88 Å². The van der Waals surface area contributed by atoms with Crippen molar-refractivity contribution in [3.8, 4) is 17.3 Å². The zero-order valence-electron chi connectivity index (χ0n) is 21.1. The summed E-state index contributed by atoms with van der Waals surface area (Å²) in [4.78, 5) is 9.75. The SMILES string of the molecule is CCCC.CCCC(C)c1c(C)nc(-c2c(CC)cccc2CC)nc1OCC(C)O. The predicted octanol–water partition coefficient (Wildman–Crippen LogP) is 7.05. The first-order valence-electron chi connectivity index (χ1n) is 12.1. The van der Waals surface area contributed by atoms with Gasteiger partial charge in [-0.2, -0.15) is 4.98 Å². The number of aliphatic hydroxyl groups excluding tert-OH is 1. The first-order valence-corrected chi connectivity index (χ1v) is 12.1. The molecule has 2 unspecified atom stereocenters. The molecule has 31 heavy (non-hydrogen) atoms. The number of ether oxygens (including phenoxy) is 1. The van der Waals surface area contributed by atoms with Gasteiger partial charge in [0.1, 0.15) is 6.61 Å². The third-order valence-corrected chi connectivity index (χ3v) is 5.50. The summed E-state index contributed by atoms with van der Waals surface area (Å²) in [6.45, 7) is 17.1. The molecule has 1 aromatic carbocycles. The van der Waals surface area contributed by atoms with Crippen molar-refractivity contribution in [3.05, 3.63) is 40.6 Å². The molecule has 0 aliphatic carbocycles. The largest absolute Gasteiger partial charge is 0.475 e. The van der Waals surface area contributed by atoms with E-state index in [0.717, 1.165) is 48.3 Å². The van der Waals surface area contributed by atoms with E-state index in [-0.39, 0.29) is 6.61 Å². The van der Waals surface area contributed by atoms with E-state index in [4.69, 9.17) is 14.7 Å². The minimum atomic E-state index is -0.535. The molecule has 0 aliphatic heterocycles. The number of hydrogen-bond acceptors (Lipinski definition) is 4. The molecule has 2 aromatic rings. The van der Waals surface area contributed by atoms with Crippen molar-refractivity contribution in [1.82, 2.24) is 9.97 Å². The lowest BCUT2D eigenvalue weighted by molar-refractivity contribution is 0.119. The summed E-state index contributed by atoms with van der Waals surface area (Å²) in [5.74, 6) is 1.67. The minimum absolute atomic E-state index is 0.234. The van der Waals surface area contributed by atoms with Crippen molar-refractivity contribution in [2.45, 2.75) is 106 Å². The van der Waals surface area contributed by atoms with Gasteiger partial charge in [-0.1, -0.05) is 79.0 Å². The van der Waals surface area contributed by atoms with Gasteiger partial charge in [0.15, 0.2) is 5.82 Å². The third kappa shape index (κ3) is 7.92. The van der Waals surface area contributed by atoms with Gasteiger partial charge < -0.3 is 9.84 Å². The molecule has 2 rings (SSSR count). The molecular weight excluding hydrogens is 384 g/mol. The molecule has 0 fully saturated rings. The Labute approximate surface area is 190 Å². The van der Waals surface area contributed by atoms with Gasteiger partial charge in [-0.15, -0.1) is 0 Å². The monoisotopic (exact) mass is 428 g/mol. The topological polar surface area (TPSA) is 55.2 Å². The molecule has 0 amide bonds. The highest BCUT2D eigenvalue weighted by atomic mass is 16.5. The van der Waals surface area contributed by atoms with Crippen molar-refractivity contribution < 1.29 is 9.84 Å². The second-order valence-electron chi connectivity index (χ2n) is 8.36. The van der Waals surface area contributed by atoms with Crippen molar-refractivity contribution in [2.75, 3.05) is 6.61 Å². The van der Waals surface area contributed by atoms with E-state index in [0.29, 0.717) is 11.8 Å². The first kappa shape index (κ1) is 27.1. The smallest absolute Gasteiger partial charge is 0.220 e. The number of aryl methyl sites for hydroxylation is 3. The number of benzene rings is 1. The third-order valence-electron chi connectivity index (χ3n) is 5.50. The van der Waals surface area contributed by atoms with Gasteiger partial charge in [0, 0.05) is 16.8 Å². The molecule has 0 bridgehead atoms. The number of rotatable bonds is 10. The fourth-order valence-electron chi connectivity index (χ4n) is 3.65. The van der Waals surface area contributed by atoms with Crippen LogP contribution in [0, 0.1) is 6.92 Å². The fourth-order valence-corrected chi connectivity index (χ4v) is 3.65. The maximum Gasteiger partial charge on any atom is 0.220 e. The molecule has 1 N–H and O–H groups in total. The summed E-state index contributed by atoms with van der Waals surface area (Å²) in [7, 11) is 0. The maximum atomic E-state index is 9.70. The molecule has 4 heteroatoms. The van der Waals surface area contributed by atoms with Gasteiger partial charge in [0.25, 0.3) is 0 Å². The van der Waals surface area contributed by atoms with Crippen LogP contribution in [0.15, 0.2) is 18.2 Å². The van der Waals surface area contributed by atoms with Crippen LogP contribution in [0.4, 0.5) is 0 Å². The molecule has 2 atom stereocenters. The second-order valence-corrected chi connectivity index (χ2v) is 8.36. The van der Waals surface area contributed by atoms with Crippen LogP contribution in [0.2, 0.25) is 0 Å². The quantitative estimate of drug-likeness (QED) is 0.440. The zero-order chi connectivity index (χ0) is 23.4. The highest BCUT2D eigenvalue weighted by molar-refractivity contribution is 5.66. The van der Waals surface area contributed by atoms with Gasteiger partial charge in [0.05, 0.1) is 6.10 Å². The molecule has 0 aliphatic rings. The normalized spacial score (nSPS) is 12.7. The lowest BCUT2D eigenvalue weighted by Crippen LogP contribution is -2.16. The Morgan fingerprint density at radius 2 is 1.48 bits per heavy atom. The van der Waals surface area contributed by atoms with Gasteiger partial charge in [-0.05, 0) is 50.2 Å². The van der Waals surface area contributed by atoms with Crippen LogP contribution in [0.25, 0.3) is 11.4 Å². The van der Waals surface area contributed by atoms with E-state index in [9.17, 15) is 5.11 Å². The minimum Gasteiger partial charge on any atom is -0.475 e. The molecule has 1 heterocycles. The van der Waals surface area contributed by atoms with E-state index in [2.05, 4.69) is 59.7 Å². The maximum absolute atomic E-state index is 9.70. The lowest BCUT2D eigenvalue weighted by Gasteiger charge is -2.20. The van der Waals surface area contributed by atoms with Crippen LogP contribution >= 0.6 is 0 Å². The van der Waals surface area contributed by atoms with E-state index >= 15 is 0 Å². The summed E-state index contributed by atoms with van der Waals surface area (Å²) in [6.07, 6.45) is 6.12. The van der Waals surface area contributed by atoms with Crippen molar-refractivity contribution in [1.29, 1.82) is 0 Å². The Bertz CT molecular complexity index is 763. The number of aromatic nitrogens is 2. The number of nitrogens with zero attached hydrogens (tertiary/aromatic N) is 2. The van der Waals surface area contributed by atoms with Crippen LogP contribution in [-0.2, 0) is 12.8 Å². The summed E-state index contributed by atoms with van der Waals surface area (Å²) in [6, 6.07) is 6.41. The molecule has 0 spiro atoms. The molecule has 174 valence electrons. The van der Waals surface area contributed by atoms with E-state index in [1.165, 1.54) is 24.0 Å². The molecule has 4 nitrogen and oxygen atoms in total. The zero-order valence-corrected chi connectivity index (χ0v) is 21.1. The van der Waals surface area contributed by atoms with E-state index in [1.54, 1.807) is 6.92 Å².